The summed E-state index contributed by atoms with van der Waals surface area (Å²) in [5.41, 5.74) is 0.926. The molecule has 0 atom stereocenters. The Bertz CT molecular complexity index is 1020. The molecule has 0 radical (unpaired) electrons. The second kappa shape index (κ2) is 5.41. The van der Waals surface area contributed by atoms with Gasteiger partial charge in [0.15, 0.2) is 0 Å². The highest BCUT2D eigenvalue weighted by Crippen LogP contribution is 2.47. The summed E-state index contributed by atoms with van der Waals surface area (Å²) in [4.78, 5) is 22.6. The molecule has 0 saturated heterocycles. The summed E-state index contributed by atoms with van der Waals surface area (Å²) in [7, 11) is 0. The Kier molecular flexibility index (Phi) is 3.31. The number of nitrogens with zero attached hydrogens (tertiary/aromatic N) is 1. The predicted molar refractivity (Wildman–Crippen MR) is 87.2 cm³/mol. The second-order valence-electron chi connectivity index (χ2n) is 6.06. The normalized spacial score (nSPS) is 14.0. The molecule has 25 heavy (non-hydrogen) atoms. The van der Waals surface area contributed by atoms with Crippen molar-refractivity contribution in [2.24, 2.45) is 0 Å². The topological polar surface area (TPSA) is 93.6 Å². The van der Waals surface area contributed by atoms with Crippen molar-refractivity contribution in [3.8, 4) is 11.3 Å². The van der Waals surface area contributed by atoms with E-state index in [2.05, 4.69) is 0 Å². The van der Waals surface area contributed by atoms with E-state index in [-0.39, 0.29) is 28.5 Å². The van der Waals surface area contributed by atoms with Crippen LogP contribution in [0, 0.1) is 15.9 Å². The third kappa shape index (κ3) is 2.53. The molecule has 0 aliphatic heterocycles. The van der Waals surface area contributed by atoms with Crippen molar-refractivity contribution in [2.75, 3.05) is 0 Å². The van der Waals surface area contributed by atoms with Crippen LogP contribution in [0.15, 0.2) is 40.8 Å². The second-order valence-corrected chi connectivity index (χ2v) is 6.06. The number of nitro groups is 1. The summed E-state index contributed by atoms with van der Waals surface area (Å²) in [6.45, 7) is 0. The molecule has 1 aromatic heterocycles. The van der Waals surface area contributed by atoms with Gasteiger partial charge in [-0.3, -0.25) is 10.1 Å². The van der Waals surface area contributed by atoms with Crippen LogP contribution >= 0.6 is 0 Å². The van der Waals surface area contributed by atoms with Gasteiger partial charge in [0, 0.05) is 16.5 Å². The maximum Gasteiger partial charge on any atom is 0.340 e. The van der Waals surface area contributed by atoms with Crippen LogP contribution in [0.25, 0.3) is 22.3 Å². The Morgan fingerprint density at radius 2 is 1.92 bits per heavy atom. The molecule has 1 aliphatic carbocycles. The average molecular weight is 341 g/mol. The fourth-order valence-corrected chi connectivity index (χ4v) is 3.05. The lowest BCUT2D eigenvalue weighted by Gasteiger charge is -2.01. The number of furan rings is 1. The van der Waals surface area contributed by atoms with Gasteiger partial charge < -0.3 is 9.52 Å². The highest BCUT2D eigenvalue weighted by Gasteiger charge is 2.33. The van der Waals surface area contributed by atoms with E-state index in [1.807, 2.05) is 0 Å². The molecule has 1 aliphatic rings. The van der Waals surface area contributed by atoms with E-state index < -0.39 is 16.7 Å². The van der Waals surface area contributed by atoms with Crippen LogP contribution in [0.1, 0.15) is 34.7 Å². The molecule has 1 saturated carbocycles. The van der Waals surface area contributed by atoms with Crippen molar-refractivity contribution in [1.82, 2.24) is 0 Å². The number of carbonyl (C=O) groups is 1. The van der Waals surface area contributed by atoms with Crippen LogP contribution in [0.5, 0.6) is 0 Å². The SMILES string of the molecule is O=C(O)c1c(-c2ccc(F)cc2)oc2cc([N+](=O)[O-])c(C3CC3)cc12. The number of rotatable bonds is 4. The third-order valence-corrected chi connectivity index (χ3v) is 4.37. The van der Waals surface area contributed by atoms with Gasteiger partial charge in [-0.15, -0.1) is 0 Å². The molecule has 1 N–H and O–H groups in total. The summed E-state index contributed by atoms with van der Waals surface area (Å²) in [5.74, 6) is -1.52. The van der Waals surface area contributed by atoms with Crippen LogP contribution in [0.3, 0.4) is 0 Å². The van der Waals surface area contributed by atoms with Crippen molar-refractivity contribution in [3.63, 3.8) is 0 Å². The fraction of sp³-hybridized carbons (Fsp3) is 0.167. The Labute approximate surface area is 140 Å². The van der Waals surface area contributed by atoms with Gasteiger partial charge >= 0.3 is 5.97 Å². The molecule has 0 amide bonds. The lowest BCUT2D eigenvalue weighted by Crippen LogP contribution is -1.98. The van der Waals surface area contributed by atoms with Gasteiger partial charge in [0.1, 0.15) is 22.7 Å². The van der Waals surface area contributed by atoms with Crippen LogP contribution in [0.4, 0.5) is 10.1 Å². The number of carboxylic acids is 1. The molecule has 0 spiro atoms. The Morgan fingerprint density at radius 1 is 1.24 bits per heavy atom. The first-order valence-corrected chi connectivity index (χ1v) is 7.69. The summed E-state index contributed by atoms with van der Waals surface area (Å²) in [5, 5.41) is 21.3. The van der Waals surface area contributed by atoms with Crippen LogP contribution in [-0.4, -0.2) is 16.0 Å². The molecule has 6 nitrogen and oxygen atoms in total. The van der Waals surface area contributed by atoms with Crippen molar-refractivity contribution in [2.45, 2.75) is 18.8 Å². The first-order chi connectivity index (χ1) is 12.0. The fourth-order valence-electron chi connectivity index (χ4n) is 3.05. The lowest BCUT2D eigenvalue weighted by atomic mass is 10.0. The van der Waals surface area contributed by atoms with Gasteiger partial charge in [0.25, 0.3) is 5.69 Å². The molecular weight excluding hydrogens is 329 g/mol. The minimum atomic E-state index is -1.20. The molecule has 1 fully saturated rings. The van der Waals surface area contributed by atoms with Gasteiger partial charge in [-0.2, -0.15) is 0 Å². The third-order valence-electron chi connectivity index (χ3n) is 4.37. The summed E-state index contributed by atoms with van der Waals surface area (Å²) < 4.78 is 18.8. The number of aromatic carboxylic acids is 1. The molecule has 1 heterocycles. The van der Waals surface area contributed by atoms with E-state index in [4.69, 9.17) is 4.42 Å². The van der Waals surface area contributed by atoms with Crippen molar-refractivity contribution in [3.05, 3.63) is 63.5 Å². The van der Waals surface area contributed by atoms with E-state index in [9.17, 15) is 24.4 Å². The number of fused-ring (bicyclic) bond motifs is 1. The minimum absolute atomic E-state index is 0.0599. The Morgan fingerprint density at radius 3 is 2.48 bits per heavy atom. The van der Waals surface area contributed by atoms with Crippen molar-refractivity contribution < 1.29 is 23.6 Å². The zero-order chi connectivity index (χ0) is 17.7. The van der Waals surface area contributed by atoms with Crippen molar-refractivity contribution >= 4 is 22.6 Å². The summed E-state index contributed by atoms with van der Waals surface area (Å²) in [6, 6.07) is 8.05. The first-order valence-electron chi connectivity index (χ1n) is 7.69. The summed E-state index contributed by atoms with van der Waals surface area (Å²) in [6.07, 6.45) is 1.69. The quantitative estimate of drug-likeness (QED) is 0.547. The van der Waals surface area contributed by atoms with E-state index in [1.165, 1.54) is 30.3 Å². The van der Waals surface area contributed by atoms with Gasteiger partial charge in [-0.25, -0.2) is 9.18 Å². The Hall–Kier alpha value is -3.22. The molecule has 126 valence electrons. The van der Waals surface area contributed by atoms with Gasteiger partial charge in [-0.05, 0) is 49.1 Å². The maximum absolute atomic E-state index is 13.1. The molecule has 7 heteroatoms. The number of hydrogen-bond acceptors (Lipinski definition) is 4. The molecule has 2 aromatic carbocycles. The maximum atomic E-state index is 13.1. The zero-order valence-electron chi connectivity index (χ0n) is 12.9. The smallest absolute Gasteiger partial charge is 0.340 e. The summed E-state index contributed by atoms with van der Waals surface area (Å²) >= 11 is 0. The van der Waals surface area contributed by atoms with Crippen LogP contribution in [0.2, 0.25) is 0 Å². The van der Waals surface area contributed by atoms with Crippen LogP contribution in [-0.2, 0) is 0 Å². The van der Waals surface area contributed by atoms with Gasteiger partial charge in [-0.1, -0.05) is 0 Å². The molecule has 4 rings (SSSR count). The zero-order valence-corrected chi connectivity index (χ0v) is 12.9. The number of carboxylic acid groups (broad SMARTS) is 1. The average Bonchev–Trinajstić information content (AvgIpc) is 3.34. The number of benzene rings is 2. The predicted octanol–water partition coefficient (Wildman–Crippen LogP) is 4.72. The highest BCUT2D eigenvalue weighted by atomic mass is 19.1. The largest absolute Gasteiger partial charge is 0.478 e. The van der Waals surface area contributed by atoms with E-state index >= 15 is 0 Å². The highest BCUT2D eigenvalue weighted by molar-refractivity contribution is 6.08. The molecule has 3 aromatic rings. The van der Waals surface area contributed by atoms with Crippen molar-refractivity contribution in [1.29, 1.82) is 0 Å². The molecular formula is C18H12FNO5. The first kappa shape index (κ1) is 15.3. The molecule has 0 unspecified atom stereocenters. The molecule has 0 bridgehead atoms. The number of hydrogen-bond donors (Lipinski definition) is 1. The minimum Gasteiger partial charge on any atom is -0.478 e. The number of nitro benzene ring substituents is 1. The lowest BCUT2D eigenvalue weighted by molar-refractivity contribution is -0.385. The Balaban J connectivity index is 2.01. The standard InChI is InChI=1S/C18H12FNO5/c19-11-5-3-10(4-6-11)17-16(18(21)22)13-7-12(9-1-2-9)14(20(23)24)8-15(13)25-17/h3-9H,1-2H2,(H,21,22). The monoisotopic (exact) mass is 341 g/mol. The van der Waals surface area contributed by atoms with E-state index in [0.29, 0.717) is 16.5 Å². The van der Waals surface area contributed by atoms with E-state index in [1.54, 1.807) is 6.07 Å². The van der Waals surface area contributed by atoms with Crippen LogP contribution < -0.4 is 0 Å². The van der Waals surface area contributed by atoms with Gasteiger partial charge in [0.2, 0.25) is 0 Å². The van der Waals surface area contributed by atoms with E-state index in [0.717, 1.165) is 12.8 Å². The van der Waals surface area contributed by atoms with Gasteiger partial charge in [0.05, 0.1) is 11.0 Å². The number of halogens is 1.